The second-order valence-electron chi connectivity index (χ2n) is 6.12. The number of rotatable bonds is 5. The molecule has 0 saturated carbocycles. The van der Waals surface area contributed by atoms with Crippen LogP contribution >= 0.6 is 11.6 Å². The van der Waals surface area contributed by atoms with Crippen molar-refractivity contribution in [3.8, 4) is 0 Å². The molecule has 0 saturated heterocycles. The lowest BCUT2D eigenvalue weighted by molar-refractivity contribution is 0.424. The van der Waals surface area contributed by atoms with Crippen LogP contribution in [0.15, 0.2) is 12.3 Å². The molecule has 0 aliphatic rings. The lowest BCUT2D eigenvalue weighted by Gasteiger charge is -2.27. The predicted molar refractivity (Wildman–Crippen MR) is 84.0 cm³/mol. The zero-order valence-electron chi connectivity index (χ0n) is 12.9. The summed E-state index contributed by atoms with van der Waals surface area (Å²) in [5.74, 6) is 0.993. The van der Waals surface area contributed by atoms with Crippen molar-refractivity contribution in [3.63, 3.8) is 0 Å². The van der Waals surface area contributed by atoms with E-state index in [1.54, 1.807) is 6.20 Å². The zero-order chi connectivity index (χ0) is 14.6. The average molecular weight is 284 g/mol. The van der Waals surface area contributed by atoms with Crippen LogP contribution in [-0.2, 0) is 6.54 Å². The predicted octanol–water partition coefficient (Wildman–Crippen LogP) is 3.86. The van der Waals surface area contributed by atoms with Gasteiger partial charge in [0.2, 0.25) is 0 Å². The van der Waals surface area contributed by atoms with Crippen LogP contribution in [0.1, 0.15) is 47.1 Å². The Bertz CT molecular complexity index is 410. The van der Waals surface area contributed by atoms with Crippen LogP contribution in [0.5, 0.6) is 0 Å². The summed E-state index contributed by atoms with van der Waals surface area (Å²) in [4.78, 5) is 6.70. The summed E-state index contributed by atoms with van der Waals surface area (Å²) >= 11 is 6.23. The van der Waals surface area contributed by atoms with Gasteiger partial charge in [-0.2, -0.15) is 0 Å². The molecule has 1 aromatic heterocycles. The van der Waals surface area contributed by atoms with E-state index in [4.69, 9.17) is 11.6 Å². The van der Waals surface area contributed by atoms with Gasteiger partial charge >= 0.3 is 0 Å². The Morgan fingerprint density at radius 3 is 2.47 bits per heavy atom. The first-order valence-corrected chi connectivity index (χ1v) is 7.28. The minimum atomic E-state index is 0.0786. The van der Waals surface area contributed by atoms with Crippen LogP contribution in [0.4, 0.5) is 5.82 Å². The summed E-state index contributed by atoms with van der Waals surface area (Å²) in [5.41, 5.74) is 1.18. The highest BCUT2D eigenvalue weighted by molar-refractivity contribution is 6.31. The molecular formula is C15H26ClN3. The average Bonchev–Trinajstić information content (AvgIpc) is 2.28. The Morgan fingerprint density at radius 1 is 1.37 bits per heavy atom. The van der Waals surface area contributed by atoms with E-state index in [1.807, 2.05) is 0 Å². The molecule has 19 heavy (non-hydrogen) atoms. The van der Waals surface area contributed by atoms with Gasteiger partial charge in [0.15, 0.2) is 0 Å². The maximum Gasteiger partial charge on any atom is 0.129 e. The molecule has 1 heterocycles. The van der Waals surface area contributed by atoms with E-state index in [-0.39, 0.29) is 5.54 Å². The van der Waals surface area contributed by atoms with Gasteiger partial charge in [-0.25, -0.2) is 4.98 Å². The van der Waals surface area contributed by atoms with Crippen molar-refractivity contribution in [3.05, 3.63) is 22.8 Å². The lowest BCUT2D eigenvalue weighted by atomic mass is 10.1. The second-order valence-corrected chi connectivity index (χ2v) is 6.52. The molecule has 0 fully saturated rings. The second kappa shape index (κ2) is 6.58. The molecule has 0 aliphatic carbocycles. The Kier molecular flexibility index (Phi) is 5.63. The maximum atomic E-state index is 6.23. The lowest BCUT2D eigenvalue weighted by Crippen LogP contribution is -2.35. The molecule has 4 heteroatoms. The van der Waals surface area contributed by atoms with Crippen molar-refractivity contribution in [2.75, 3.05) is 11.4 Å². The summed E-state index contributed by atoms with van der Waals surface area (Å²) in [6.07, 6.45) is 1.75. The number of anilines is 1. The molecular weight excluding hydrogens is 258 g/mol. The maximum absolute atomic E-state index is 6.23. The first kappa shape index (κ1) is 16.3. The molecule has 0 atom stereocenters. The van der Waals surface area contributed by atoms with Crippen molar-refractivity contribution in [2.45, 2.75) is 59.7 Å². The van der Waals surface area contributed by atoms with Crippen LogP contribution in [0.2, 0.25) is 5.02 Å². The molecule has 0 spiro atoms. The van der Waals surface area contributed by atoms with E-state index in [0.29, 0.717) is 6.04 Å². The van der Waals surface area contributed by atoms with Gasteiger partial charge in [-0.1, -0.05) is 11.6 Å². The first-order chi connectivity index (χ1) is 8.74. The highest BCUT2D eigenvalue weighted by atomic mass is 35.5. The van der Waals surface area contributed by atoms with Crippen molar-refractivity contribution in [1.29, 1.82) is 0 Å². The van der Waals surface area contributed by atoms with Gasteiger partial charge in [-0.05, 0) is 53.2 Å². The molecule has 0 amide bonds. The minimum Gasteiger partial charge on any atom is -0.354 e. The topological polar surface area (TPSA) is 28.2 Å². The van der Waals surface area contributed by atoms with Crippen LogP contribution in [-0.4, -0.2) is 23.1 Å². The summed E-state index contributed by atoms with van der Waals surface area (Å²) in [7, 11) is 0. The SMILES string of the molecule is CCN(c1cc(CNC(C)(C)C)c(Cl)cn1)C(C)C. The number of pyridine rings is 1. The molecule has 0 bridgehead atoms. The molecule has 1 N–H and O–H groups in total. The normalized spacial score (nSPS) is 12.0. The van der Waals surface area contributed by atoms with Gasteiger partial charge in [-0.3, -0.25) is 0 Å². The van der Waals surface area contributed by atoms with Gasteiger partial charge in [0.05, 0.1) is 5.02 Å². The number of hydrogen-bond donors (Lipinski definition) is 1. The highest BCUT2D eigenvalue weighted by Crippen LogP contribution is 2.22. The molecule has 3 nitrogen and oxygen atoms in total. The van der Waals surface area contributed by atoms with Gasteiger partial charge in [0.1, 0.15) is 5.82 Å². The first-order valence-electron chi connectivity index (χ1n) is 6.90. The van der Waals surface area contributed by atoms with Crippen molar-refractivity contribution < 1.29 is 0 Å². The number of aromatic nitrogens is 1. The highest BCUT2D eigenvalue weighted by Gasteiger charge is 2.14. The fourth-order valence-electron chi connectivity index (χ4n) is 1.91. The summed E-state index contributed by atoms with van der Waals surface area (Å²) in [5, 5.41) is 4.18. The Morgan fingerprint density at radius 2 is 2.00 bits per heavy atom. The van der Waals surface area contributed by atoms with E-state index in [2.05, 4.69) is 62.8 Å². The zero-order valence-corrected chi connectivity index (χ0v) is 13.7. The summed E-state index contributed by atoms with van der Waals surface area (Å²) in [6, 6.07) is 2.52. The fraction of sp³-hybridized carbons (Fsp3) is 0.667. The Labute approximate surface area is 122 Å². The molecule has 0 radical (unpaired) electrons. The number of nitrogens with zero attached hydrogens (tertiary/aromatic N) is 2. The van der Waals surface area contributed by atoms with Crippen molar-refractivity contribution in [2.24, 2.45) is 0 Å². The Balaban J connectivity index is 2.93. The number of hydrogen-bond acceptors (Lipinski definition) is 3. The third kappa shape index (κ3) is 5.00. The standard InChI is InChI=1S/C15H26ClN3/c1-7-19(11(2)3)14-8-12(13(16)10-17-14)9-18-15(4,5)6/h8,10-11,18H,7,9H2,1-6H3. The van der Waals surface area contributed by atoms with E-state index in [1.165, 1.54) is 0 Å². The molecule has 0 unspecified atom stereocenters. The van der Waals surface area contributed by atoms with E-state index in [9.17, 15) is 0 Å². The number of halogens is 1. The third-order valence-electron chi connectivity index (χ3n) is 2.99. The molecule has 108 valence electrons. The third-order valence-corrected chi connectivity index (χ3v) is 3.33. The van der Waals surface area contributed by atoms with Crippen LogP contribution < -0.4 is 10.2 Å². The molecule has 0 aliphatic heterocycles. The van der Waals surface area contributed by atoms with Crippen LogP contribution in [0, 0.1) is 0 Å². The van der Waals surface area contributed by atoms with Gasteiger partial charge in [-0.15, -0.1) is 0 Å². The van der Waals surface area contributed by atoms with Crippen molar-refractivity contribution in [1.82, 2.24) is 10.3 Å². The van der Waals surface area contributed by atoms with Crippen LogP contribution in [0.3, 0.4) is 0 Å². The smallest absolute Gasteiger partial charge is 0.129 e. The van der Waals surface area contributed by atoms with Gasteiger partial charge < -0.3 is 10.2 Å². The summed E-state index contributed by atoms with van der Waals surface area (Å²) in [6.45, 7) is 14.6. The minimum absolute atomic E-state index is 0.0786. The molecule has 0 aromatic carbocycles. The fourth-order valence-corrected chi connectivity index (χ4v) is 2.08. The largest absolute Gasteiger partial charge is 0.354 e. The van der Waals surface area contributed by atoms with Gasteiger partial charge in [0.25, 0.3) is 0 Å². The quantitative estimate of drug-likeness (QED) is 0.889. The van der Waals surface area contributed by atoms with Gasteiger partial charge in [0, 0.05) is 30.9 Å². The van der Waals surface area contributed by atoms with E-state index >= 15 is 0 Å². The molecule has 1 aromatic rings. The van der Waals surface area contributed by atoms with Crippen molar-refractivity contribution >= 4 is 17.4 Å². The monoisotopic (exact) mass is 283 g/mol. The summed E-state index contributed by atoms with van der Waals surface area (Å²) < 4.78 is 0. The van der Waals surface area contributed by atoms with E-state index in [0.717, 1.165) is 29.5 Å². The Hall–Kier alpha value is -0.800. The molecule has 1 rings (SSSR count). The van der Waals surface area contributed by atoms with Crippen LogP contribution in [0.25, 0.3) is 0 Å². The number of nitrogens with one attached hydrogen (secondary N) is 1. The van der Waals surface area contributed by atoms with E-state index < -0.39 is 0 Å².